The third-order valence-electron chi connectivity index (χ3n) is 5.11. The fraction of sp³-hybridized carbons (Fsp3) is 0.562. The first-order chi connectivity index (χ1) is 12.8. The highest BCUT2D eigenvalue weighted by Gasteiger charge is 2.59. The molecule has 0 aromatic carbocycles. The molecule has 11 heteroatoms. The molecule has 2 aromatic rings. The first-order valence-electron chi connectivity index (χ1n) is 8.55. The maximum Gasteiger partial charge on any atom is 0.351 e. The molecule has 3 atom stereocenters. The number of ether oxygens (including phenoxy) is 1. The maximum absolute atomic E-state index is 14.6. The molecule has 4 heterocycles. The number of fused-ring (bicyclic) bond motifs is 1. The normalized spacial score (nSPS) is 27.6. The van der Waals surface area contributed by atoms with Crippen molar-refractivity contribution in [1.82, 2.24) is 24.0 Å². The minimum Gasteiger partial charge on any atom is -0.384 e. The van der Waals surface area contributed by atoms with Crippen LogP contribution in [0.15, 0.2) is 23.4 Å². The second kappa shape index (κ2) is 6.36. The molecule has 0 amide bonds. The summed E-state index contributed by atoms with van der Waals surface area (Å²) in [5.74, 6) is -3.72. The number of aromatic nitrogens is 4. The van der Waals surface area contributed by atoms with Gasteiger partial charge in [-0.2, -0.15) is 13.8 Å². The Kier molecular flexibility index (Phi) is 4.24. The van der Waals surface area contributed by atoms with E-state index < -0.39 is 30.0 Å². The number of nitrogens with two attached hydrogens (primary N) is 1. The zero-order valence-corrected chi connectivity index (χ0v) is 14.6. The van der Waals surface area contributed by atoms with E-state index in [2.05, 4.69) is 9.97 Å². The van der Waals surface area contributed by atoms with Crippen molar-refractivity contribution < 1.29 is 18.6 Å². The van der Waals surface area contributed by atoms with Gasteiger partial charge in [0, 0.05) is 45.0 Å². The van der Waals surface area contributed by atoms with Crippen LogP contribution in [0.5, 0.6) is 0 Å². The van der Waals surface area contributed by atoms with Gasteiger partial charge in [-0.3, -0.25) is 9.47 Å². The Morgan fingerprint density at radius 2 is 2.26 bits per heavy atom. The Hall–Kier alpha value is -2.37. The van der Waals surface area contributed by atoms with Gasteiger partial charge in [-0.25, -0.2) is 9.78 Å². The number of aryl methyl sites for hydroxylation is 1. The zero-order valence-electron chi connectivity index (χ0n) is 14.6. The highest BCUT2D eigenvalue weighted by molar-refractivity contribution is 5.24. The molecule has 2 aromatic heterocycles. The number of rotatable bonds is 3. The number of nitrogen functional groups attached to an aromatic ring is 1. The topological polar surface area (TPSA) is 111 Å². The molecule has 0 spiro atoms. The second-order valence-corrected chi connectivity index (χ2v) is 6.92. The van der Waals surface area contributed by atoms with E-state index in [1.54, 1.807) is 6.33 Å². The van der Waals surface area contributed by atoms with Gasteiger partial charge in [0.1, 0.15) is 18.0 Å². The van der Waals surface area contributed by atoms with Crippen molar-refractivity contribution >= 4 is 5.82 Å². The second-order valence-electron chi connectivity index (χ2n) is 6.92. The average molecular weight is 382 g/mol. The number of aliphatic hydroxyl groups excluding tert-OH is 1. The van der Waals surface area contributed by atoms with E-state index in [9.17, 15) is 18.7 Å². The van der Waals surface area contributed by atoms with E-state index in [4.69, 9.17) is 10.5 Å². The third-order valence-corrected chi connectivity index (χ3v) is 5.11. The predicted octanol–water partition coefficient (Wildman–Crippen LogP) is -0.489. The fourth-order valence-electron chi connectivity index (χ4n) is 3.64. The Morgan fingerprint density at radius 1 is 1.48 bits per heavy atom. The summed E-state index contributed by atoms with van der Waals surface area (Å²) in [5, 5.41) is 10.1. The van der Waals surface area contributed by atoms with E-state index in [0.717, 1.165) is 24.0 Å². The van der Waals surface area contributed by atoms with Gasteiger partial charge >= 0.3 is 11.6 Å². The van der Waals surface area contributed by atoms with Crippen LogP contribution in [0, 0.1) is 0 Å². The number of alkyl halides is 2. The van der Waals surface area contributed by atoms with E-state index in [0.29, 0.717) is 17.7 Å². The van der Waals surface area contributed by atoms with E-state index >= 15 is 0 Å². The van der Waals surface area contributed by atoms with Gasteiger partial charge in [0.15, 0.2) is 0 Å². The fourth-order valence-corrected chi connectivity index (χ4v) is 3.64. The summed E-state index contributed by atoms with van der Waals surface area (Å²) in [5.41, 5.74) is 6.44. The summed E-state index contributed by atoms with van der Waals surface area (Å²) in [6, 6.07) is 1.23. The lowest BCUT2D eigenvalue weighted by atomic mass is 10.1. The molecule has 1 saturated heterocycles. The predicted molar refractivity (Wildman–Crippen MR) is 90.0 cm³/mol. The van der Waals surface area contributed by atoms with Crippen LogP contribution in [0.4, 0.5) is 14.6 Å². The summed E-state index contributed by atoms with van der Waals surface area (Å²) < 4.78 is 37.2. The zero-order chi connectivity index (χ0) is 19.3. The van der Waals surface area contributed by atoms with Crippen molar-refractivity contribution in [3.8, 4) is 0 Å². The summed E-state index contributed by atoms with van der Waals surface area (Å²) in [4.78, 5) is 21.6. The molecule has 0 saturated carbocycles. The summed E-state index contributed by atoms with van der Waals surface area (Å²) in [6.07, 6.45) is -1.58. The van der Waals surface area contributed by atoms with Crippen LogP contribution < -0.4 is 11.4 Å². The standard InChI is InChI=1S/C16H20F2N6O3/c1-22-8-20-9-6-23(4-2-10(9)22)7-11-13(25)16(17,18)14(27-11)24-5-3-12(19)21-15(24)26/h3,5,8,11,13-14,25H,2,4,6-7H2,1H3,(H2,19,21,26)/t11-,13-,14-/m1/s1. The highest BCUT2D eigenvalue weighted by atomic mass is 19.3. The van der Waals surface area contributed by atoms with Crippen molar-refractivity contribution in [3.05, 3.63) is 40.5 Å². The molecule has 2 aliphatic rings. The SMILES string of the molecule is Cn1cnc2c1CCN(C[C@H]1O[C@@H](n3ccc(N)nc3=O)C(F)(F)[C@@H]1O)C2. The lowest BCUT2D eigenvalue weighted by Crippen LogP contribution is -2.44. The minimum atomic E-state index is -3.64. The molecule has 3 N–H and O–H groups in total. The van der Waals surface area contributed by atoms with Gasteiger partial charge < -0.3 is 20.1 Å². The molecule has 1 fully saturated rings. The third kappa shape index (κ3) is 3.01. The van der Waals surface area contributed by atoms with E-state index in [1.165, 1.54) is 6.07 Å². The van der Waals surface area contributed by atoms with Gasteiger partial charge in [0.25, 0.3) is 0 Å². The molecule has 4 rings (SSSR count). The number of aliphatic hydroxyl groups is 1. The molecular formula is C16H20F2N6O3. The minimum absolute atomic E-state index is 0.0749. The molecule has 0 radical (unpaired) electrons. The smallest absolute Gasteiger partial charge is 0.351 e. The number of imidazole rings is 1. The van der Waals surface area contributed by atoms with Crippen molar-refractivity contribution in [3.63, 3.8) is 0 Å². The Morgan fingerprint density at radius 3 is 3.00 bits per heavy atom. The average Bonchev–Trinajstić information content (AvgIpc) is 3.08. The largest absolute Gasteiger partial charge is 0.384 e. The quantitative estimate of drug-likeness (QED) is 0.737. The van der Waals surface area contributed by atoms with E-state index in [1.807, 2.05) is 16.5 Å². The van der Waals surface area contributed by atoms with Crippen LogP contribution >= 0.6 is 0 Å². The van der Waals surface area contributed by atoms with Gasteiger partial charge in [-0.15, -0.1) is 0 Å². The molecule has 2 aliphatic heterocycles. The van der Waals surface area contributed by atoms with Crippen LogP contribution in [0.1, 0.15) is 17.6 Å². The molecule has 27 heavy (non-hydrogen) atoms. The Balaban J connectivity index is 1.52. The van der Waals surface area contributed by atoms with Gasteiger partial charge in [-0.1, -0.05) is 0 Å². The first kappa shape index (κ1) is 18.0. The molecular weight excluding hydrogens is 362 g/mol. The summed E-state index contributed by atoms with van der Waals surface area (Å²) >= 11 is 0. The Labute approximate surface area is 153 Å². The van der Waals surface area contributed by atoms with Crippen LogP contribution in [0.3, 0.4) is 0 Å². The van der Waals surface area contributed by atoms with Crippen LogP contribution in [-0.4, -0.2) is 60.3 Å². The van der Waals surface area contributed by atoms with Gasteiger partial charge in [0.2, 0.25) is 6.23 Å². The number of anilines is 1. The monoisotopic (exact) mass is 382 g/mol. The van der Waals surface area contributed by atoms with Crippen LogP contribution in [0.25, 0.3) is 0 Å². The van der Waals surface area contributed by atoms with Crippen LogP contribution in [-0.2, 0) is 24.8 Å². The summed E-state index contributed by atoms with van der Waals surface area (Å²) in [6.45, 7) is 1.22. The maximum atomic E-state index is 14.6. The molecule has 0 unspecified atom stereocenters. The van der Waals surface area contributed by atoms with E-state index in [-0.39, 0.29) is 12.4 Å². The highest BCUT2D eigenvalue weighted by Crippen LogP contribution is 2.42. The van der Waals surface area contributed by atoms with Gasteiger partial charge in [0.05, 0.1) is 12.0 Å². The molecule has 146 valence electrons. The number of halogens is 2. The molecule has 0 bridgehead atoms. The molecule has 9 nitrogen and oxygen atoms in total. The number of hydrogen-bond acceptors (Lipinski definition) is 7. The van der Waals surface area contributed by atoms with Crippen molar-refractivity contribution in [2.45, 2.75) is 37.3 Å². The summed E-state index contributed by atoms with van der Waals surface area (Å²) in [7, 11) is 1.91. The first-order valence-corrected chi connectivity index (χ1v) is 8.55. The lowest BCUT2D eigenvalue weighted by molar-refractivity contribution is -0.140. The Bertz CT molecular complexity index is 914. The lowest BCUT2D eigenvalue weighted by Gasteiger charge is -2.29. The van der Waals surface area contributed by atoms with Crippen molar-refractivity contribution in [2.75, 3.05) is 18.8 Å². The number of nitrogens with zero attached hydrogens (tertiary/aromatic N) is 5. The van der Waals surface area contributed by atoms with Crippen LogP contribution in [0.2, 0.25) is 0 Å². The number of hydrogen-bond donors (Lipinski definition) is 2. The van der Waals surface area contributed by atoms with Gasteiger partial charge in [-0.05, 0) is 6.07 Å². The van der Waals surface area contributed by atoms with Crippen molar-refractivity contribution in [1.29, 1.82) is 0 Å². The molecule has 0 aliphatic carbocycles. The van der Waals surface area contributed by atoms with Crippen molar-refractivity contribution in [2.24, 2.45) is 7.05 Å².